The molecule has 5 nitrogen and oxygen atoms in total. The maximum absolute atomic E-state index is 10.5. The lowest BCUT2D eigenvalue weighted by molar-refractivity contribution is -0.137. The van der Waals surface area contributed by atoms with Crippen molar-refractivity contribution in [2.24, 2.45) is 11.8 Å². The summed E-state index contributed by atoms with van der Waals surface area (Å²) >= 11 is 0. The molecule has 156 valence electrons. The molecule has 0 saturated heterocycles. The lowest BCUT2D eigenvalue weighted by Crippen LogP contribution is -2.20. The summed E-state index contributed by atoms with van der Waals surface area (Å²) in [7, 11) is 0. The Hall–Kier alpha value is -1.17. The Morgan fingerprint density at radius 2 is 1.85 bits per heavy atom. The van der Waals surface area contributed by atoms with Crippen LogP contribution in [0, 0.1) is 11.8 Å². The summed E-state index contributed by atoms with van der Waals surface area (Å²) in [5.74, 6) is -0.891. The highest BCUT2D eigenvalue weighted by atomic mass is 16.4. The monoisotopic (exact) mass is 382 g/mol. The Morgan fingerprint density at radius 3 is 2.56 bits per heavy atom. The highest BCUT2D eigenvalue weighted by molar-refractivity contribution is 5.66. The summed E-state index contributed by atoms with van der Waals surface area (Å²) in [5, 5.41) is 39.1. The van der Waals surface area contributed by atoms with Gasteiger partial charge < -0.3 is 20.4 Å². The van der Waals surface area contributed by atoms with Crippen molar-refractivity contribution in [2.45, 2.75) is 95.9 Å². The Morgan fingerprint density at radius 1 is 1.07 bits per heavy atom. The largest absolute Gasteiger partial charge is 0.481 e. The van der Waals surface area contributed by atoms with Crippen LogP contribution in [-0.4, -0.2) is 44.7 Å². The van der Waals surface area contributed by atoms with Gasteiger partial charge in [-0.15, -0.1) is 0 Å². The second kappa shape index (κ2) is 13.9. The third-order valence-corrected chi connectivity index (χ3v) is 5.41. The quantitative estimate of drug-likeness (QED) is 0.270. The van der Waals surface area contributed by atoms with Gasteiger partial charge in [0.1, 0.15) is 0 Å². The molecule has 0 radical (unpaired) electrons. The Labute approximate surface area is 163 Å². The van der Waals surface area contributed by atoms with Crippen LogP contribution in [-0.2, 0) is 4.79 Å². The molecule has 4 N–H and O–H groups in total. The van der Waals surface area contributed by atoms with Gasteiger partial charge in [-0.3, -0.25) is 4.79 Å². The van der Waals surface area contributed by atoms with Crippen LogP contribution < -0.4 is 0 Å². The molecule has 1 unspecified atom stereocenters. The molecule has 0 aromatic heterocycles. The van der Waals surface area contributed by atoms with E-state index in [0.717, 1.165) is 44.9 Å². The average molecular weight is 383 g/mol. The first-order valence-electron chi connectivity index (χ1n) is 10.5. The zero-order valence-electron chi connectivity index (χ0n) is 16.7. The minimum atomic E-state index is -0.742. The zero-order chi connectivity index (χ0) is 20.1. The number of rotatable bonds is 14. The molecule has 1 rings (SSSR count). The zero-order valence-corrected chi connectivity index (χ0v) is 16.7. The van der Waals surface area contributed by atoms with Crippen LogP contribution in [0.5, 0.6) is 0 Å². The van der Waals surface area contributed by atoms with E-state index in [1.807, 2.05) is 6.08 Å². The number of aliphatic hydroxyl groups is 3. The SMILES string of the molecule is CCCCCC(O)C=C[C@@H]1[C@@H](CC=CCCCCCC(=O)O)[C@@H](O)C[C@H]1O. The van der Waals surface area contributed by atoms with Crippen LogP contribution in [0.1, 0.15) is 77.6 Å². The third kappa shape index (κ3) is 10.1. The first-order chi connectivity index (χ1) is 13.0. The maximum Gasteiger partial charge on any atom is 0.303 e. The van der Waals surface area contributed by atoms with Crippen molar-refractivity contribution in [1.29, 1.82) is 0 Å². The molecule has 1 aliphatic rings. The van der Waals surface area contributed by atoms with Crippen molar-refractivity contribution in [3.05, 3.63) is 24.3 Å². The van der Waals surface area contributed by atoms with Gasteiger partial charge in [-0.2, -0.15) is 0 Å². The van der Waals surface area contributed by atoms with Gasteiger partial charge in [0.25, 0.3) is 0 Å². The van der Waals surface area contributed by atoms with Gasteiger partial charge in [-0.25, -0.2) is 0 Å². The molecule has 0 aliphatic heterocycles. The van der Waals surface area contributed by atoms with Crippen molar-refractivity contribution in [2.75, 3.05) is 0 Å². The second-order valence-electron chi connectivity index (χ2n) is 7.76. The van der Waals surface area contributed by atoms with Crippen LogP contribution in [0.3, 0.4) is 0 Å². The van der Waals surface area contributed by atoms with Crippen LogP contribution in [0.2, 0.25) is 0 Å². The van der Waals surface area contributed by atoms with E-state index in [1.54, 1.807) is 6.08 Å². The van der Waals surface area contributed by atoms with Gasteiger partial charge in [-0.1, -0.05) is 56.9 Å². The molecule has 0 aromatic rings. The number of carboxylic acids is 1. The summed E-state index contributed by atoms with van der Waals surface area (Å²) in [6.07, 6.45) is 15.0. The number of carbonyl (C=O) groups is 1. The van der Waals surface area contributed by atoms with Crippen molar-refractivity contribution < 1.29 is 25.2 Å². The fourth-order valence-corrected chi connectivity index (χ4v) is 3.75. The molecule has 0 spiro atoms. The number of hydrogen-bond donors (Lipinski definition) is 4. The molecule has 1 aliphatic carbocycles. The number of allylic oxidation sites excluding steroid dienone is 2. The fourth-order valence-electron chi connectivity index (χ4n) is 3.75. The highest BCUT2D eigenvalue weighted by Crippen LogP contribution is 2.36. The van der Waals surface area contributed by atoms with Crippen LogP contribution in [0.25, 0.3) is 0 Å². The molecule has 1 fully saturated rings. The number of unbranched alkanes of at least 4 members (excludes halogenated alkanes) is 5. The summed E-state index contributed by atoms with van der Waals surface area (Å²) in [6.45, 7) is 2.13. The van der Waals surface area contributed by atoms with E-state index in [-0.39, 0.29) is 18.3 Å². The minimum Gasteiger partial charge on any atom is -0.481 e. The third-order valence-electron chi connectivity index (χ3n) is 5.41. The van der Waals surface area contributed by atoms with Crippen LogP contribution in [0.4, 0.5) is 0 Å². The van der Waals surface area contributed by atoms with E-state index in [0.29, 0.717) is 19.3 Å². The first-order valence-corrected chi connectivity index (χ1v) is 10.5. The molecular weight excluding hydrogens is 344 g/mol. The normalized spacial score (nSPS) is 27.0. The van der Waals surface area contributed by atoms with Crippen molar-refractivity contribution in [3.63, 3.8) is 0 Å². The number of aliphatic hydroxyl groups excluding tert-OH is 3. The molecule has 5 heteroatoms. The first kappa shape index (κ1) is 23.9. The predicted molar refractivity (Wildman–Crippen MR) is 107 cm³/mol. The average Bonchev–Trinajstić information content (AvgIpc) is 2.88. The summed E-state index contributed by atoms with van der Waals surface area (Å²) in [5.41, 5.74) is 0. The van der Waals surface area contributed by atoms with Gasteiger partial charge in [-0.05, 0) is 38.0 Å². The standard InChI is InChI=1S/C22H38O5/c1-2-3-8-11-17(23)14-15-19-18(20(24)16-21(19)25)12-9-6-4-5-7-10-13-22(26)27/h6,9,14-15,17-21,23-25H,2-5,7-8,10-13,16H2,1H3,(H,26,27)/t17?,18-,19-,20+,21-/m1/s1. The number of aliphatic carboxylic acids is 1. The van der Waals surface area contributed by atoms with Crippen molar-refractivity contribution >= 4 is 5.97 Å². The van der Waals surface area contributed by atoms with Gasteiger partial charge in [0.05, 0.1) is 18.3 Å². The molecule has 27 heavy (non-hydrogen) atoms. The lowest BCUT2D eigenvalue weighted by Gasteiger charge is -2.19. The van der Waals surface area contributed by atoms with E-state index in [9.17, 15) is 20.1 Å². The second-order valence-corrected chi connectivity index (χ2v) is 7.76. The summed E-state index contributed by atoms with van der Waals surface area (Å²) in [4.78, 5) is 10.5. The fraction of sp³-hybridized carbons (Fsp3) is 0.773. The van der Waals surface area contributed by atoms with Gasteiger partial charge in [0.2, 0.25) is 0 Å². The molecule has 0 bridgehead atoms. The van der Waals surface area contributed by atoms with Gasteiger partial charge >= 0.3 is 5.97 Å². The Bertz CT molecular complexity index is 460. The lowest BCUT2D eigenvalue weighted by atomic mass is 9.89. The smallest absolute Gasteiger partial charge is 0.303 e. The Kier molecular flexibility index (Phi) is 12.3. The summed E-state index contributed by atoms with van der Waals surface area (Å²) in [6, 6.07) is 0. The van der Waals surface area contributed by atoms with E-state index in [1.165, 1.54) is 0 Å². The number of carboxylic acid groups (broad SMARTS) is 1. The van der Waals surface area contributed by atoms with E-state index in [2.05, 4.69) is 19.1 Å². The molecule has 0 amide bonds. The predicted octanol–water partition coefficient (Wildman–Crippen LogP) is 3.82. The van der Waals surface area contributed by atoms with Gasteiger partial charge in [0, 0.05) is 18.8 Å². The van der Waals surface area contributed by atoms with Crippen molar-refractivity contribution in [1.82, 2.24) is 0 Å². The van der Waals surface area contributed by atoms with Crippen molar-refractivity contribution in [3.8, 4) is 0 Å². The molecule has 0 aromatic carbocycles. The Balaban J connectivity index is 2.37. The minimum absolute atomic E-state index is 0.0256. The van der Waals surface area contributed by atoms with E-state index >= 15 is 0 Å². The highest BCUT2D eigenvalue weighted by Gasteiger charge is 2.39. The van der Waals surface area contributed by atoms with Gasteiger partial charge in [0.15, 0.2) is 0 Å². The van der Waals surface area contributed by atoms with E-state index in [4.69, 9.17) is 5.11 Å². The molecule has 1 saturated carbocycles. The van der Waals surface area contributed by atoms with Crippen LogP contribution >= 0.6 is 0 Å². The maximum atomic E-state index is 10.5. The topological polar surface area (TPSA) is 98.0 Å². The van der Waals surface area contributed by atoms with Crippen LogP contribution in [0.15, 0.2) is 24.3 Å². The molecular formula is C22H38O5. The summed E-state index contributed by atoms with van der Waals surface area (Å²) < 4.78 is 0. The molecule has 0 heterocycles. The van der Waals surface area contributed by atoms with E-state index < -0.39 is 24.3 Å². The molecule has 5 atom stereocenters. The number of hydrogen-bond acceptors (Lipinski definition) is 4.